The van der Waals surface area contributed by atoms with E-state index in [0.29, 0.717) is 0 Å². The number of fused-ring (bicyclic) bond motifs is 10. The number of rotatable bonds is 8. The van der Waals surface area contributed by atoms with Crippen molar-refractivity contribution < 1.29 is 0 Å². The van der Waals surface area contributed by atoms with Gasteiger partial charge in [-0.3, -0.25) is 0 Å². The van der Waals surface area contributed by atoms with Gasteiger partial charge in [0.15, 0.2) is 8.07 Å². The minimum atomic E-state index is -2.67. The van der Waals surface area contributed by atoms with Crippen LogP contribution in [0.25, 0.3) is 97.4 Å². The highest BCUT2D eigenvalue weighted by atomic mass is 32.1. The minimum Gasteiger partial charge on any atom is -0.309 e. The van der Waals surface area contributed by atoms with E-state index < -0.39 is 8.07 Å². The second-order valence-electron chi connectivity index (χ2n) is 18.4. The molecule has 328 valence electrons. The number of benzene rings is 11. The summed E-state index contributed by atoms with van der Waals surface area (Å²) in [6.45, 7) is 0. The first-order valence-electron chi connectivity index (χ1n) is 24.1. The zero-order chi connectivity index (χ0) is 46.2. The van der Waals surface area contributed by atoms with Gasteiger partial charge in [-0.05, 0) is 104 Å². The van der Waals surface area contributed by atoms with Crippen molar-refractivity contribution in [3.8, 4) is 33.6 Å². The summed E-state index contributed by atoms with van der Waals surface area (Å²) in [6.07, 6.45) is 0. The van der Waals surface area contributed by atoms with E-state index in [-0.39, 0.29) is 0 Å². The molecular weight excluding hydrogens is 881 g/mol. The summed E-state index contributed by atoms with van der Waals surface area (Å²) in [7, 11) is -2.67. The smallest absolute Gasteiger partial charge is 0.179 e. The molecular formula is C66H44N2SSi. The molecule has 2 nitrogen and oxygen atoms in total. The van der Waals surface area contributed by atoms with E-state index in [1.807, 2.05) is 11.3 Å². The lowest BCUT2D eigenvalue weighted by Crippen LogP contribution is -2.74. The Hall–Kier alpha value is -8.54. The quantitative estimate of drug-likeness (QED) is 0.106. The molecule has 0 aliphatic rings. The van der Waals surface area contributed by atoms with E-state index in [1.54, 1.807) is 0 Å². The lowest BCUT2D eigenvalue weighted by atomic mass is 10.0. The summed E-state index contributed by atoms with van der Waals surface area (Å²) >= 11 is 1.90. The molecule has 0 aliphatic heterocycles. The number of para-hydroxylation sites is 2. The maximum absolute atomic E-state index is 2.67. The SMILES string of the molecule is c1ccc(-n2c3ccc(-c4ccc5c(c4)c4ccccc4n5-c4ccc(-c5cccc([Si](c6ccccc6)(c6ccccc6)c6ccccc6)c5)cc4)cc3c3ccc4c5ccccc5sc4c32)cc1. The van der Waals surface area contributed by atoms with Crippen LogP contribution >= 0.6 is 11.3 Å². The molecule has 3 aromatic heterocycles. The van der Waals surface area contributed by atoms with Crippen LogP contribution in [0.2, 0.25) is 0 Å². The van der Waals surface area contributed by atoms with Crippen LogP contribution in [0, 0.1) is 0 Å². The molecule has 0 saturated carbocycles. The second kappa shape index (κ2) is 16.3. The van der Waals surface area contributed by atoms with Crippen molar-refractivity contribution in [3.05, 3.63) is 267 Å². The standard InChI is InChI=1S/C66H44N2SSi/c1-5-19-49(20-6-1)68-63-41-35-48(44-60(63)57-38-39-58-56-29-14-16-31-64(56)69-66(58)65(57)68)47-34-40-62-59(43-47)55-28-13-15-30-61(55)67(62)50-36-32-45(33-37-50)46-18-17-27-54(42-46)70(51-21-7-2-8-22-51,52-23-9-3-10-24-52)53-25-11-4-12-26-53/h1-44H. The summed E-state index contributed by atoms with van der Waals surface area (Å²) < 4.78 is 7.55. The van der Waals surface area contributed by atoms with E-state index in [4.69, 9.17) is 0 Å². The van der Waals surface area contributed by atoms with Gasteiger partial charge in [-0.1, -0.05) is 206 Å². The Morgan fingerprint density at radius 3 is 1.40 bits per heavy atom. The highest BCUT2D eigenvalue weighted by molar-refractivity contribution is 7.26. The van der Waals surface area contributed by atoms with Gasteiger partial charge in [-0.15, -0.1) is 11.3 Å². The molecule has 0 N–H and O–H groups in total. The number of hydrogen-bond acceptors (Lipinski definition) is 1. The van der Waals surface area contributed by atoms with Gasteiger partial charge < -0.3 is 9.13 Å². The average Bonchev–Trinajstić information content (AvgIpc) is 4.10. The van der Waals surface area contributed by atoms with Crippen LogP contribution in [0.5, 0.6) is 0 Å². The van der Waals surface area contributed by atoms with Crippen LogP contribution in [-0.4, -0.2) is 17.2 Å². The van der Waals surface area contributed by atoms with E-state index >= 15 is 0 Å². The molecule has 14 aromatic rings. The lowest BCUT2D eigenvalue weighted by Gasteiger charge is -2.34. The van der Waals surface area contributed by atoms with Crippen LogP contribution in [0.1, 0.15) is 0 Å². The van der Waals surface area contributed by atoms with Gasteiger partial charge in [0.25, 0.3) is 0 Å². The van der Waals surface area contributed by atoms with Gasteiger partial charge in [0.2, 0.25) is 0 Å². The Labute approximate surface area is 411 Å². The molecule has 0 atom stereocenters. The second-order valence-corrected chi connectivity index (χ2v) is 23.3. The molecule has 3 heterocycles. The van der Waals surface area contributed by atoms with Crippen LogP contribution in [-0.2, 0) is 0 Å². The molecule has 0 fully saturated rings. The fourth-order valence-corrected chi connectivity index (χ4v) is 17.6. The van der Waals surface area contributed by atoms with Crippen molar-refractivity contribution in [2.24, 2.45) is 0 Å². The number of thiophene rings is 1. The van der Waals surface area contributed by atoms with E-state index in [9.17, 15) is 0 Å². The van der Waals surface area contributed by atoms with Gasteiger partial charge in [0.05, 0.1) is 26.8 Å². The topological polar surface area (TPSA) is 9.86 Å². The Morgan fingerprint density at radius 1 is 0.271 bits per heavy atom. The first-order valence-corrected chi connectivity index (χ1v) is 26.9. The van der Waals surface area contributed by atoms with Crippen molar-refractivity contribution >= 4 is 104 Å². The van der Waals surface area contributed by atoms with Crippen LogP contribution in [0.4, 0.5) is 0 Å². The maximum Gasteiger partial charge on any atom is 0.179 e. The van der Waals surface area contributed by atoms with Crippen molar-refractivity contribution in [3.63, 3.8) is 0 Å². The molecule has 0 unspecified atom stereocenters. The summed E-state index contributed by atoms with van der Waals surface area (Å²) in [5, 5.41) is 13.1. The van der Waals surface area contributed by atoms with Gasteiger partial charge >= 0.3 is 0 Å². The third kappa shape index (κ3) is 6.24. The number of nitrogens with zero attached hydrogens (tertiary/aromatic N) is 2. The normalized spacial score (nSPS) is 12.0. The Balaban J connectivity index is 0.873. The minimum absolute atomic E-state index is 1.14. The Kier molecular flexibility index (Phi) is 9.44. The van der Waals surface area contributed by atoms with Crippen molar-refractivity contribution in [2.75, 3.05) is 0 Å². The lowest BCUT2D eigenvalue weighted by molar-refractivity contribution is 1.18. The largest absolute Gasteiger partial charge is 0.309 e. The van der Waals surface area contributed by atoms with Gasteiger partial charge in [-0.2, -0.15) is 0 Å². The molecule has 0 aliphatic carbocycles. The summed E-state index contributed by atoms with van der Waals surface area (Å²) in [5.74, 6) is 0. The molecule has 70 heavy (non-hydrogen) atoms. The van der Waals surface area contributed by atoms with Crippen molar-refractivity contribution in [2.45, 2.75) is 0 Å². The van der Waals surface area contributed by atoms with Crippen LogP contribution in [0.3, 0.4) is 0 Å². The van der Waals surface area contributed by atoms with Crippen LogP contribution in [0.15, 0.2) is 267 Å². The molecule has 0 radical (unpaired) electrons. The summed E-state index contributed by atoms with van der Waals surface area (Å²) in [5.41, 5.74) is 12.0. The predicted octanol–water partition coefficient (Wildman–Crippen LogP) is 15.0. The van der Waals surface area contributed by atoms with Gasteiger partial charge in [0, 0.05) is 48.4 Å². The van der Waals surface area contributed by atoms with E-state index in [1.165, 1.54) is 112 Å². The highest BCUT2D eigenvalue weighted by Gasteiger charge is 2.41. The number of hydrogen-bond donors (Lipinski definition) is 0. The third-order valence-electron chi connectivity index (χ3n) is 14.7. The molecule has 0 bridgehead atoms. The van der Waals surface area contributed by atoms with Crippen molar-refractivity contribution in [1.29, 1.82) is 0 Å². The Bertz CT molecular complexity index is 4170. The Morgan fingerprint density at radius 2 is 0.743 bits per heavy atom. The molecule has 0 saturated heterocycles. The molecule has 0 spiro atoms. The molecule has 0 amide bonds. The monoisotopic (exact) mass is 924 g/mol. The molecule has 4 heteroatoms. The van der Waals surface area contributed by atoms with Gasteiger partial charge in [-0.25, -0.2) is 0 Å². The third-order valence-corrected chi connectivity index (χ3v) is 20.6. The summed E-state index contributed by atoms with van der Waals surface area (Å²) in [6, 6.07) is 99.3. The van der Waals surface area contributed by atoms with Crippen LogP contribution < -0.4 is 20.7 Å². The van der Waals surface area contributed by atoms with E-state index in [0.717, 1.165) is 5.69 Å². The zero-order valence-electron chi connectivity index (χ0n) is 38.2. The average molecular weight is 925 g/mol. The fourth-order valence-electron chi connectivity index (χ4n) is 11.5. The van der Waals surface area contributed by atoms with E-state index in [2.05, 4.69) is 276 Å². The van der Waals surface area contributed by atoms with Gasteiger partial charge in [0.1, 0.15) is 0 Å². The highest BCUT2D eigenvalue weighted by Crippen LogP contribution is 2.44. The first kappa shape index (κ1) is 40.5. The first-order chi connectivity index (χ1) is 34.7. The van der Waals surface area contributed by atoms with Crippen molar-refractivity contribution in [1.82, 2.24) is 9.13 Å². The maximum atomic E-state index is 2.47. The number of aromatic nitrogens is 2. The summed E-state index contributed by atoms with van der Waals surface area (Å²) in [4.78, 5) is 0. The molecule has 14 rings (SSSR count). The fraction of sp³-hybridized carbons (Fsp3) is 0. The zero-order valence-corrected chi connectivity index (χ0v) is 40.0. The molecule has 11 aromatic carbocycles. The predicted molar refractivity (Wildman–Crippen MR) is 302 cm³/mol.